The van der Waals surface area contributed by atoms with E-state index in [0.29, 0.717) is 10.8 Å². The summed E-state index contributed by atoms with van der Waals surface area (Å²) in [7, 11) is 0. The highest BCUT2D eigenvalue weighted by Crippen LogP contribution is 2.24. The minimum Gasteiger partial charge on any atom is -0.481 e. The van der Waals surface area contributed by atoms with Crippen molar-refractivity contribution in [2.45, 2.75) is 13.0 Å². The summed E-state index contributed by atoms with van der Waals surface area (Å²) in [5.74, 6) is 0.512. The van der Waals surface area contributed by atoms with E-state index in [2.05, 4.69) is 5.16 Å². The zero-order valence-corrected chi connectivity index (χ0v) is 8.40. The van der Waals surface area contributed by atoms with E-state index in [-0.39, 0.29) is 5.84 Å². The van der Waals surface area contributed by atoms with Crippen molar-refractivity contribution >= 4 is 17.4 Å². The second-order valence-corrected chi connectivity index (χ2v) is 3.12. The summed E-state index contributed by atoms with van der Waals surface area (Å²) in [6, 6.07) is 7.00. The molecule has 1 atom stereocenters. The lowest BCUT2D eigenvalue weighted by Crippen LogP contribution is -2.31. The molecule has 0 aliphatic heterocycles. The molecule has 5 heteroatoms. The van der Waals surface area contributed by atoms with E-state index < -0.39 is 6.10 Å². The summed E-state index contributed by atoms with van der Waals surface area (Å²) in [5.41, 5.74) is 5.35. The topological polar surface area (TPSA) is 67.8 Å². The molecule has 0 aliphatic rings. The monoisotopic (exact) mass is 214 g/mol. The third kappa shape index (κ3) is 2.53. The van der Waals surface area contributed by atoms with Gasteiger partial charge in [0.1, 0.15) is 5.75 Å². The molecular weight excluding hydrogens is 204 g/mol. The Labute approximate surface area is 86.9 Å². The second-order valence-electron chi connectivity index (χ2n) is 2.72. The first-order chi connectivity index (χ1) is 6.65. The Morgan fingerprint density at radius 1 is 1.57 bits per heavy atom. The van der Waals surface area contributed by atoms with Gasteiger partial charge in [-0.2, -0.15) is 0 Å². The third-order valence-corrected chi connectivity index (χ3v) is 1.98. The van der Waals surface area contributed by atoms with Crippen LogP contribution < -0.4 is 10.5 Å². The number of halogens is 1. The molecule has 0 unspecified atom stereocenters. The number of rotatable bonds is 3. The Hall–Kier alpha value is -1.42. The minimum atomic E-state index is -0.514. The Balaban J connectivity index is 2.74. The largest absolute Gasteiger partial charge is 0.481 e. The van der Waals surface area contributed by atoms with Crippen molar-refractivity contribution in [2.24, 2.45) is 10.9 Å². The Morgan fingerprint density at radius 2 is 2.21 bits per heavy atom. The molecule has 0 radical (unpaired) electrons. The zero-order chi connectivity index (χ0) is 10.6. The first-order valence-corrected chi connectivity index (χ1v) is 4.41. The van der Waals surface area contributed by atoms with Crippen LogP contribution in [-0.2, 0) is 0 Å². The van der Waals surface area contributed by atoms with Crippen LogP contribution in [0.25, 0.3) is 0 Å². The molecule has 0 saturated carbocycles. The fourth-order valence-corrected chi connectivity index (χ4v) is 1.05. The van der Waals surface area contributed by atoms with E-state index in [1.54, 1.807) is 31.2 Å². The summed E-state index contributed by atoms with van der Waals surface area (Å²) in [6.07, 6.45) is -0.514. The van der Waals surface area contributed by atoms with Gasteiger partial charge >= 0.3 is 0 Å². The van der Waals surface area contributed by atoms with Gasteiger partial charge in [0.15, 0.2) is 11.9 Å². The van der Waals surface area contributed by atoms with Gasteiger partial charge in [0.2, 0.25) is 0 Å². The number of benzene rings is 1. The predicted molar refractivity (Wildman–Crippen MR) is 55.0 cm³/mol. The van der Waals surface area contributed by atoms with E-state index in [9.17, 15) is 0 Å². The van der Waals surface area contributed by atoms with E-state index in [1.807, 2.05) is 0 Å². The highest BCUT2D eigenvalue weighted by Gasteiger charge is 2.10. The molecule has 0 aliphatic carbocycles. The number of hydrogen-bond acceptors (Lipinski definition) is 3. The quantitative estimate of drug-likeness (QED) is 0.349. The van der Waals surface area contributed by atoms with Gasteiger partial charge < -0.3 is 15.7 Å². The smallest absolute Gasteiger partial charge is 0.180 e. The van der Waals surface area contributed by atoms with Crippen LogP contribution in [0.2, 0.25) is 5.02 Å². The van der Waals surface area contributed by atoms with Crippen LogP contribution in [0.3, 0.4) is 0 Å². The van der Waals surface area contributed by atoms with Crippen LogP contribution in [0.1, 0.15) is 6.92 Å². The lowest BCUT2D eigenvalue weighted by Gasteiger charge is -2.13. The number of para-hydroxylation sites is 1. The van der Waals surface area contributed by atoms with Crippen LogP contribution in [0.4, 0.5) is 0 Å². The van der Waals surface area contributed by atoms with E-state index in [1.165, 1.54) is 0 Å². The summed E-state index contributed by atoms with van der Waals surface area (Å²) < 4.78 is 5.35. The first kappa shape index (κ1) is 10.7. The van der Waals surface area contributed by atoms with Crippen molar-refractivity contribution in [1.82, 2.24) is 0 Å². The third-order valence-electron chi connectivity index (χ3n) is 1.67. The van der Waals surface area contributed by atoms with Gasteiger partial charge in [-0.05, 0) is 19.1 Å². The van der Waals surface area contributed by atoms with Crippen molar-refractivity contribution in [3.05, 3.63) is 29.3 Å². The molecule has 3 N–H and O–H groups in total. The maximum atomic E-state index is 8.40. The fourth-order valence-electron chi connectivity index (χ4n) is 0.872. The molecule has 14 heavy (non-hydrogen) atoms. The number of oxime groups is 1. The molecule has 0 fully saturated rings. The molecule has 1 rings (SSSR count). The van der Waals surface area contributed by atoms with Gasteiger partial charge in [0, 0.05) is 0 Å². The summed E-state index contributed by atoms with van der Waals surface area (Å²) >= 11 is 5.85. The van der Waals surface area contributed by atoms with Crippen LogP contribution in [-0.4, -0.2) is 17.1 Å². The molecule has 0 heterocycles. The van der Waals surface area contributed by atoms with E-state index >= 15 is 0 Å². The molecule has 76 valence electrons. The normalized spacial score (nSPS) is 13.7. The van der Waals surface area contributed by atoms with Gasteiger partial charge in [0.05, 0.1) is 5.02 Å². The average Bonchev–Trinajstić information content (AvgIpc) is 2.20. The number of amidine groups is 1. The number of nitrogens with two attached hydrogens (primary N) is 1. The molecule has 0 saturated heterocycles. The lowest BCUT2D eigenvalue weighted by atomic mass is 10.3. The Bertz CT molecular complexity index is 341. The Morgan fingerprint density at radius 3 is 2.79 bits per heavy atom. The fraction of sp³-hybridized carbons (Fsp3) is 0.222. The van der Waals surface area contributed by atoms with E-state index in [0.717, 1.165) is 0 Å². The first-order valence-electron chi connectivity index (χ1n) is 4.03. The lowest BCUT2D eigenvalue weighted by molar-refractivity contribution is 0.266. The second kappa shape index (κ2) is 4.72. The van der Waals surface area contributed by atoms with Crippen molar-refractivity contribution in [2.75, 3.05) is 0 Å². The van der Waals surface area contributed by atoms with Crippen molar-refractivity contribution < 1.29 is 9.94 Å². The van der Waals surface area contributed by atoms with Crippen molar-refractivity contribution in [1.29, 1.82) is 0 Å². The highest BCUT2D eigenvalue weighted by atomic mass is 35.5. The van der Waals surface area contributed by atoms with Crippen molar-refractivity contribution in [3.8, 4) is 5.75 Å². The number of nitrogens with zero attached hydrogens (tertiary/aromatic N) is 1. The van der Waals surface area contributed by atoms with Crippen LogP contribution in [0, 0.1) is 0 Å². The van der Waals surface area contributed by atoms with Gasteiger partial charge in [-0.1, -0.05) is 28.9 Å². The molecule has 1 aromatic carbocycles. The SMILES string of the molecule is C[C@@H](Oc1ccccc1Cl)C(N)=NO. The molecule has 0 amide bonds. The zero-order valence-electron chi connectivity index (χ0n) is 7.64. The number of hydrogen-bond donors (Lipinski definition) is 2. The van der Waals surface area contributed by atoms with Crippen LogP contribution >= 0.6 is 11.6 Å². The van der Waals surface area contributed by atoms with Gasteiger partial charge in [0.25, 0.3) is 0 Å². The summed E-state index contributed by atoms with van der Waals surface area (Å²) in [4.78, 5) is 0. The maximum absolute atomic E-state index is 8.40. The molecule has 0 aromatic heterocycles. The van der Waals surface area contributed by atoms with Gasteiger partial charge in [-0.25, -0.2) is 0 Å². The molecule has 0 spiro atoms. The minimum absolute atomic E-state index is 0.00456. The number of ether oxygens (including phenoxy) is 1. The van der Waals surface area contributed by atoms with Gasteiger partial charge in [-0.3, -0.25) is 0 Å². The maximum Gasteiger partial charge on any atom is 0.180 e. The Kier molecular flexibility index (Phi) is 3.59. The molecule has 0 bridgehead atoms. The van der Waals surface area contributed by atoms with Crippen molar-refractivity contribution in [3.63, 3.8) is 0 Å². The predicted octanol–water partition coefficient (Wildman–Crippen LogP) is 1.85. The summed E-state index contributed by atoms with van der Waals surface area (Å²) in [6.45, 7) is 1.67. The molecular formula is C9H11ClN2O2. The summed E-state index contributed by atoms with van der Waals surface area (Å²) in [5, 5.41) is 11.7. The van der Waals surface area contributed by atoms with Crippen LogP contribution in [0.5, 0.6) is 5.75 Å². The highest BCUT2D eigenvalue weighted by molar-refractivity contribution is 6.32. The molecule has 1 aromatic rings. The van der Waals surface area contributed by atoms with E-state index in [4.69, 9.17) is 27.3 Å². The molecule has 4 nitrogen and oxygen atoms in total. The average molecular weight is 215 g/mol. The standard InChI is InChI=1S/C9H11ClN2O2/c1-6(9(11)12-13)14-8-5-3-2-4-7(8)10/h2-6,13H,1H3,(H2,11,12)/t6-/m1/s1. The van der Waals surface area contributed by atoms with Crippen LogP contribution in [0.15, 0.2) is 29.4 Å². The van der Waals surface area contributed by atoms with Gasteiger partial charge in [-0.15, -0.1) is 0 Å².